The second-order valence-electron chi connectivity index (χ2n) is 4.76. The van der Waals surface area contributed by atoms with Crippen molar-refractivity contribution in [3.05, 3.63) is 0 Å². The summed E-state index contributed by atoms with van der Waals surface area (Å²) < 4.78 is 11.2. The van der Waals surface area contributed by atoms with Gasteiger partial charge in [-0.2, -0.15) is 0 Å². The van der Waals surface area contributed by atoms with Gasteiger partial charge in [-0.3, -0.25) is 5.32 Å². The minimum Gasteiger partial charge on any atom is -0.381 e. The maximum absolute atomic E-state index is 5.79. The summed E-state index contributed by atoms with van der Waals surface area (Å²) in [5, 5.41) is 3.44. The van der Waals surface area contributed by atoms with Crippen molar-refractivity contribution in [2.24, 2.45) is 5.41 Å². The first-order valence-corrected chi connectivity index (χ1v) is 5.09. The second kappa shape index (κ2) is 3.23. The predicted octanol–water partition coefficient (Wildman–Crippen LogP) is 1.14. The summed E-state index contributed by atoms with van der Waals surface area (Å²) in [6.07, 6.45) is 2.27. The van der Waals surface area contributed by atoms with Crippen LogP contribution in [0.3, 0.4) is 0 Å². The number of ether oxygens (including phenoxy) is 2. The lowest BCUT2D eigenvalue weighted by molar-refractivity contribution is -0.148. The van der Waals surface area contributed by atoms with E-state index in [1.807, 2.05) is 0 Å². The molecule has 13 heavy (non-hydrogen) atoms. The lowest BCUT2D eigenvalue weighted by Crippen LogP contribution is -2.57. The van der Waals surface area contributed by atoms with Gasteiger partial charge in [0.15, 0.2) is 0 Å². The van der Waals surface area contributed by atoms with E-state index in [1.54, 1.807) is 0 Å². The van der Waals surface area contributed by atoms with E-state index in [0.29, 0.717) is 5.41 Å². The first-order valence-electron chi connectivity index (χ1n) is 5.09. The Morgan fingerprint density at radius 2 is 1.85 bits per heavy atom. The molecule has 2 saturated heterocycles. The molecule has 0 aromatic rings. The van der Waals surface area contributed by atoms with Gasteiger partial charge >= 0.3 is 0 Å². The molecule has 2 aliphatic heterocycles. The third kappa shape index (κ3) is 2.03. The van der Waals surface area contributed by atoms with Crippen molar-refractivity contribution in [2.45, 2.75) is 32.4 Å². The van der Waals surface area contributed by atoms with Crippen LogP contribution in [-0.2, 0) is 9.47 Å². The van der Waals surface area contributed by atoms with Gasteiger partial charge in [-0.15, -0.1) is 0 Å². The Hall–Kier alpha value is -0.120. The number of rotatable bonds is 0. The van der Waals surface area contributed by atoms with E-state index in [0.717, 1.165) is 39.2 Å². The van der Waals surface area contributed by atoms with Gasteiger partial charge in [0.1, 0.15) is 5.72 Å². The summed E-state index contributed by atoms with van der Waals surface area (Å²) in [6.45, 7) is 7.91. The van der Waals surface area contributed by atoms with Crippen molar-refractivity contribution < 1.29 is 9.47 Å². The van der Waals surface area contributed by atoms with Gasteiger partial charge in [0, 0.05) is 25.2 Å². The molecule has 2 aliphatic rings. The highest BCUT2D eigenvalue weighted by Gasteiger charge is 2.39. The normalized spacial score (nSPS) is 31.8. The Morgan fingerprint density at radius 1 is 1.15 bits per heavy atom. The molecule has 2 heterocycles. The third-order valence-electron chi connectivity index (χ3n) is 3.18. The largest absolute Gasteiger partial charge is 0.381 e. The van der Waals surface area contributed by atoms with Gasteiger partial charge in [0.05, 0.1) is 6.61 Å². The molecule has 1 spiro atoms. The highest BCUT2D eigenvalue weighted by atomic mass is 16.5. The molecule has 0 aliphatic carbocycles. The SMILES string of the molecule is CC1(C)NCC2(CCOCC2)CO1. The molecule has 0 bridgehead atoms. The van der Waals surface area contributed by atoms with E-state index in [9.17, 15) is 0 Å². The van der Waals surface area contributed by atoms with Gasteiger partial charge in [0.2, 0.25) is 0 Å². The molecule has 0 atom stereocenters. The molecule has 0 amide bonds. The highest BCUT2D eigenvalue weighted by Crippen LogP contribution is 2.34. The Balaban J connectivity index is 1.95. The summed E-state index contributed by atoms with van der Waals surface area (Å²) >= 11 is 0. The quantitative estimate of drug-likeness (QED) is 0.614. The van der Waals surface area contributed by atoms with Crippen molar-refractivity contribution in [3.8, 4) is 0 Å². The average molecular weight is 185 g/mol. The van der Waals surface area contributed by atoms with Gasteiger partial charge in [-0.25, -0.2) is 0 Å². The average Bonchev–Trinajstić information content (AvgIpc) is 2.13. The van der Waals surface area contributed by atoms with Crippen LogP contribution < -0.4 is 5.32 Å². The minimum absolute atomic E-state index is 0.135. The Bertz CT molecular complexity index is 173. The van der Waals surface area contributed by atoms with E-state index >= 15 is 0 Å². The summed E-state index contributed by atoms with van der Waals surface area (Å²) in [5.41, 5.74) is 0.220. The molecule has 0 radical (unpaired) electrons. The lowest BCUT2D eigenvalue weighted by Gasteiger charge is -2.46. The zero-order valence-corrected chi connectivity index (χ0v) is 8.56. The Labute approximate surface area is 79.8 Å². The van der Waals surface area contributed by atoms with Crippen LogP contribution in [-0.4, -0.2) is 32.1 Å². The van der Waals surface area contributed by atoms with Crippen LogP contribution in [0.15, 0.2) is 0 Å². The van der Waals surface area contributed by atoms with Gasteiger partial charge in [-0.05, 0) is 26.7 Å². The fourth-order valence-electron chi connectivity index (χ4n) is 1.96. The first kappa shape index (κ1) is 9.44. The summed E-state index contributed by atoms with van der Waals surface area (Å²) in [4.78, 5) is 0. The maximum Gasteiger partial charge on any atom is 0.113 e. The van der Waals surface area contributed by atoms with Crippen molar-refractivity contribution in [2.75, 3.05) is 26.4 Å². The predicted molar refractivity (Wildman–Crippen MR) is 50.5 cm³/mol. The van der Waals surface area contributed by atoms with Crippen LogP contribution in [0.1, 0.15) is 26.7 Å². The van der Waals surface area contributed by atoms with Crippen LogP contribution in [0.4, 0.5) is 0 Å². The molecular weight excluding hydrogens is 166 g/mol. The van der Waals surface area contributed by atoms with Crippen molar-refractivity contribution in [1.29, 1.82) is 0 Å². The van der Waals surface area contributed by atoms with Crippen molar-refractivity contribution >= 4 is 0 Å². The molecule has 2 fully saturated rings. The zero-order valence-electron chi connectivity index (χ0n) is 8.56. The maximum atomic E-state index is 5.79. The van der Waals surface area contributed by atoms with Gasteiger partial charge in [-0.1, -0.05) is 0 Å². The van der Waals surface area contributed by atoms with E-state index in [-0.39, 0.29) is 5.72 Å². The number of nitrogens with one attached hydrogen (secondary N) is 1. The molecule has 0 unspecified atom stereocenters. The number of hydrogen-bond donors (Lipinski definition) is 1. The fraction of sp³-hybridized carbons (Fsp3) is 1.00. The van der Waals surface area contributed by atoms with Crippen LogP contribution in [0.2, 0.25) is 0 Å². The molecular formula is C10H19NO2. The molecule has 3 nitrogen and oxygen atoms in total. The monoisotopic (exact) mass is 185 g/mol. The summed E-state index contributed by atoms with van der Waals surface area (Å²) in [7, 11) is 0. The molecule has 76 valence electrons. The molecule has 3 heteroatoms. The van der Waals surface area contributed by atoms with E-state index in [1.165, 1.54) is 0 Å². The van der Waals surface area contributed by atoms with Crippen LogP contribution in [0.25, 0.3) is 0 Å². The molecule has 0 aromatic heterocycles. The van der Waals surface area contributed by atoms with Crippen LogP contribution >= 0.6 is 0 Å². The van der Waals surface area contributed by atoms with Crippen molar-refractivity contribution in [1.82, 2.24) is 5.32 Å². The van der Waals surface area contributed by atoms with E-state index in [4.69, 9.17) is 9.47 Å². The fourth-order valence-corrected chi connectivity index (χ4v) is 1.96. The Kier molecular flexibility index (Phi) is 2.34. The third-order valence-corrected chi connectivity index (χ3v) is 3.18. The second-order valence-corrected chi connectivity index (χ2v) is 4.76. The van der Waals surface area contributed by atoms with Crippen LogP contribution in [0, 0.1) is 5.41 Å². The molecule has 0 saturated carbocycles. The van der Waals surface area contributed by atoms with Gasteiger partial charge in [0.25, 0.3) is 0 Å². The Morgan fingerprint density at radius 3 is 2.38 bits per heavy atom. The summed E-state index contributed by atoms with van der Waals surface area (Å²) in [5.74, 6) is 0. The molecule has 2 rings (SSSR count). The topological polar surface area (TPSA) is 30.5 Å². The molecule has 1 N–H and O–H groups in total. The highest BCUT2D eigenvalue weighted by molar-refractivity contribution is 4.89. The lowest BCUT2D eigenvalue weighted by atomic mass is 9.79. The van der Waals surface area contributed by atoms with Crippen molar-refractivity contribution in [3.63, 3.8) is 0 Å². The summed E-state index contributed by atoms with van der Waals surface area (Å²) in [6, 6.07) is 0. The number of hydrogen-bond acceptors (Lipinski definition) is 3. The first-order chi connectivity index (χ1) is 6.12. The standard InChI is InChI=1S/C10H19NO2/c1-9(2)11-7-10(8-13-9)3-5-12-6-4-10/h11H,3-8H2,1-2H3. The zero-order chi connectivity index (χ0) is 9.36. The van der Waals surface area contributed by atoms with E-state index < -0.39 is 0 Å². The van der Waals surface area contributed by atoms with Gasteiger partial charge < -0.3 is 9.47 Å². The smallest absolute Gasteiger partial charge is 0.113 e. The van der Waals surface area contributed by atoms with E-state index in [2.05, 4.69) is 19.2 Å². The minimum atomic E-state index is -0.135. The molecule has 0 aromatic carbocycles. The van der Waals surface area contributed by atoms with Crippen LogP contribution in [0.5, 0.6) is 0 Å².